The molecule has 0 unspecified atom stereocenters. The number of fused-ring (bicyclic) bond motifs is 1. The number of aromatic nitrogens is 1. The van der Waals surface area contributed by atoms with Crippen LogP contribution in [0.5, 0.6) is 0 Å². The van der Waals surface area contributed by atoms with E-state index in [1.165, 1.54) is 0 Å². The van der Waals surface area contributed by atoms with Gasteiger partial charge in [-0.1, -0.05) is 30.3 Å². The Morgan fingerprint density at radius 3 is 2.55 bits per heavy atom. The average molecular weight is 385 g/mol. The first kappa shape index (κ1) is 18.4. The van der Waals surface area contributed by atoms with Gasteiger partial charge in [0.1, 0.15) is 0 Å². The van der Waals surface area contributed by atoms with Crippen molar-refractivity contribution in [3.8, 4) is 11.5 Å². The molecule has 0 aliphatic carbocycles. The Labute approximate surface area is 167 Å². The van der Waals surface area contributed by atoms with Crippen molar-refractivity contribution in [2.45, 2.75) is 0 Å². The lowest BCUT2D eigenvalue weighted by atomic mass is 10.1. The first-order chi connectivity index (χ1) is 14.0. The summed E-state index contributed by atoms with van der Waals surface area (Å²) in [7, 11) is 3.83. The third-order valence-corrected chi connectivity index (χ3v) is 4.57. The summed E-state index contributed by atoms with van der Waals surface area (Å²) in [6.45, 7) is 0. The zero-order valence-electron chi connectivity index (χ0n) is 16.0. The molecule has 1 N–H and O–H groups in total. The van der Waals surface area contributed by atoms with Gasteiger partial charge < -0.3 is 14.6 Å². The topological polar surface area (TPSA) is 75.4 Å². The number of rotatable bonds is 4. The third kappa shape index (κ3) is 3.73. The maximum atomic E-state index is 12.8. The summed E-state index contributed by atoms with van der Waals surface area (Å²) >= 11 is 0. The Bertz CT molecular complexity index is 1260. The number of para-hydroxylation sites is 2. The lowest BCUT2D eigenvalue weighted by Crippen LogP contribution is -2.15. The van der Waals surface area contributed by atoms with Gasteiger partial charge in [0.2, 0.25) is 5.89 Å². The molecule has 4 rings (SSSR count). The van der Waals surface area contributed by atoms with Gasteiger partial charge in [-0.05, 0) is 42.5 Å². The molecular formula is C23H19N3O3. The summed E-state index contributed by atoms with van der Waals surface area (Å²) in [6, 6.07) is 21.4. The van der Waals surface area contributed by atoms with Crippen molar-refractivity contribution in [2.75, 3.05) is 24.3 Å². The lowest BCUT2D eigenvalue weighted by molar-refractivity contribution is 0.102. The molecule has 0 atom stereocenters. The second-order valence-electron chi connectivity index (χ2n) is 6.77. The Morgan fingerprint density at radius 2 is 1.72 bits per heavy atom. The van der Waals surface area contributed by atoms with Crippen LogP contribution in [0.25, 0.3) is 22.4 Å². The molecule has 1 heterocycles. The second kappa shape index (κ2) is 7.59. The highest BCUT2D eigenvalue weighted by molar-refractivity contribution is 6.06. The number of nitrogens with one attached hydrogen (secondary N) is 1. The molecule has 0 radical (unpaired) electrons. The normalized spacial score (nSPS) is 10.7. The monoisotopic (exact) mass is 385 g/mol. The van der Waals surface area contributed by atoms with Gasteiger partial charge in [-0.3, -0.25) is 4.79 Å². The number of carbonyl (C=O) groups excluding carboxylic acids is 1. The minimum atomic E-state index is -0.467. The van der Waals surface area contributed by atoms with Gasteiger partial charge >= 0.3 is 5.63 Å². The van der Waals surface area contributed by atoms with Crippen LogP contribution in [0.4, 0.5) is 11.4 Å². The second-order valence-corrected chi connectivity index (χ2v) is 6.77. The molecule has 6 heteroatoms. The smallest absolute Gasteiger partial charge is 0.347 e. The van der Waals surface area contributed by atoms with Crippen LogP contribution in [0.1, 0.15) is 10.4 Å². The number of carbonyl (C=O) groups is 1. The molecular weight excluding hydrogens is 366 g/mol. The number of hydrogen-bond donors (Lipinski definition) is 1. The molecule has 0 saturated heterocycles. The van der Waals surface area contributed by atoms with E-state index in [4.69, 9.17) is 4.42 Å². The molecule has 3 aromatic carbocycles. The number of benzene rings is 3. The zero-order chi connectivity index (χ0) is 20.4. The van der Waals surface area contributed by atoms with Crippen molar-refractivity contribution in [1.82, 2.24) is 4.98 Å². The highest BCUT2D eigenvalue weighted by atomic mass is 16.4. The predicted molar refractivity (Wildman–Crippen MR) is 114 cm³/mol. The van der Waals surface area contributed by atoms with E-state index in [9.17, 15) is 9.59 Å². The minimum absolute atomic E-state index is 0.159. The summed E-state index contributed by atoms with van der Waals surface area (Å²) < 4.78 is 5.43. The Balaban J connectivity index is 1.72. The van der Waals surface area contributed by atoms with Crippen molar-refractivity contribution < 1.29 is 9.21 Å². The van der Waals surface area contributed by atoms with E-state index in [1.54, 1.807) is 48.5 Å². The Hall–Kier alpha value is -3.93. The molecule has 0 bridgehead atoms. The zero-order valence-corrected chi connectivity index (χ0v) is 16.0. The van der Waals surface area contributed by atoms with Crippen molar-refractivity contribution >= 4 is 28.2 Å². The molecule has 0 spiro atoms. The lowest BCUT2D eigenvalue weighted by Gasteiger charge is -2.14. The molecule has 144 valence electrons. The van der Waals surface area contributed by atoms with Crippen molar-refractivity contribution in [1.29, 1.82) is 0 Å². The quantitative estimate of drug-likeness (QED) is 0.571. The van der Waals surface area contributed by atoms with Crippen LogP contribution in [0.15, 0.2) is 82.0 Å². The Kier molecular flexibility index (Phi) is 4.83. The molecule has 1 aromatic heterocycles. The van der Waals surface area contributed by atoms with E-state index < -0.39 is 5.63 Å². The maximum absolute atomic E-state index is 12.8. The van der Waals surface area contributed by atoms with E-state index in [2.05, 4.69) is 10.3 Å². The summed E-state index contributed by atoms with van der Waals surface area (Å²) in [5, 5.41) is 3.31. The van der Waals surface area contributed by atoms with Gasteiger partial charge in [-0.2, -0.15) is 0 Å². The predicted octanol–water partition coefficient (Wildman–Crippen LogP) is 4.17. The highest BCUT2D eigenvalue weighted by Gasteiger charge is 2.15. The molecule has 29 heavy (non-hydrogen) atoms. The van der Waals surface area contributed by atoms with E-state index >= 15 is 0 Å². The van der Waals surface area contributed by atoms with Gasteiger partial charge in [-0.25, -0.2) is 9.78 Å². The molecule has 0 aliphatic heterocycles. The molecule has 4 aromatic rings. The first-order valence-corrected chi connectivity index (χ1v) is 9.11. The van der Waals surface area contributed by atoms with E-state index in [0.29, 0.717) is 27.7 Å². The van der Waals surface area contributed by atoms with Crippen molar-refractivity contribution in [3.05, 3.63) is 88.8 Å². The summed E-state index contributed by atoms with van der Waals surface area (Å²) in [5.74, 6) is -0.101. The van der Waals surface area contributed by atoms with Crippen LogP contribution in [0.3, 0.4) is 0 Å². The highest BCUT2D eigenvalue weighted by Crippen LogP contribution is 2.27. The van der Waals surface area contributed by atoms with Gasteiger partial charge in [0.25, 0.3) is 5.91 Å². The summed E-state index contributed by atoms with van der Waals surface area (Å²) in [5.41, 5.74) is 2.57. The van der Waals surface area contributed by atoms with E-state index in [0.717, 1.165) is 5.69 Å². The molecule has 0 fully saturated rings. The van der Waals surface area contributed by atoms with Crippen LogP contribution < -0.4 is 15.8 Å². The van der Waals surface area contributed by atoms with E-state index in [-0.39, 0.29) is 11.8 Å². The number of anilines is 2. The summed E-state index contributed by atoms with van der Waals surface area (Å²) in [4.78, 5) is 31.5. The largest absolute Gasteiger partial charge is 0.403 e. The molecule has 0 saturated carbocycles. The van der Waals surface area contributed by atoms with Crippen molar-refractivity contribution in [3.63, 3.8) is 0 Å². The number of nitrogens with zero attached hydrogens (tertiary/aromatic N) is 2. The minimum Gasteiger partial charge on any atom is -0.403 e. The third-order valence-electron chi connectivity index (χ3n) is 4.57. The number of hydrogen-bond acceptors (Lipinski definition) is 5. The van der Waals surface area contributed by atoms with E-state index in [1.807, 2.05) is 43.3 Å². The van der Waals surface area contributed by atoms with Crippen molar-refractivity contribution in [2.24, 2.45) is 0 Å². The molecule has 6 nitrogen and oxygen atoms in total. The standard InChI is InChI=1S/C23H19N3O3/c1-26(2)16-9-7-8-15(14-16)21(27)24-19-12-5-3-10-17(19)22-25-20-13-6-4-11-18(20)23(28)29-22/h3-14H,1-2H3,(H,24,27). The van der Waals surface area contributed by atoms with Gasteiger partial charge in [-0.15, -0.1) is 0 Å². The fourth-order valence-corrected chi connectivity index (χ4v) is 3.03. The Morgan fingerprint density at radius 1 is 0.966 bits per heavy atom. The molecule has 0 aliphatic rings. The van der Waals surface area contributed by atoms with Crippen LogP contribution in [0, 0.1) is 0 Å². The summed E-state index contributed by atoms with van der Waals surface area (Å²) in [6.07, 6.45) is 0. The fraction of sp³-hybridized carbons (Fsp3) is 0.0870. The van der Waals surface area contributed by atoms with Gasteiger partial charge in [0, 0.05) is 25.3 Å². The SMILES string of the molecule is CN(C)c1cccc(C(=O)Nc2ccccc2-c2nc3ccccc3c(=O)o2)c1. The first-order valence-electron chi connectivity index (χ1n) is 9.11. The number of amides is 1. The van der Waals surface area contributed by atoms with Crippen LogP contribution in [0.2, 0.25) is 0 Å². The van der Waals surface area contributed by atoms with Crippen LogP contribution >= 0.6 is 0 Å². The van der Waals surface area contributed by atoms with Gasteiger partial charge in [0.15, 0.2) is 0 Å². The average Bonchev–Trinajstić information content (AvgIpc) is 2.74. The molecule has 1 amide bonds. The van der Waals surface area contributed by atoms with Gasteiger partial charge in [0.05, 0.1) is 22.2 Å². The maximum Gasteiger partial charge on any atom is 0.347 e. The van der Waals surface area contributed by atoms with Crippen LogP contribution in [-0.2, 0) is 0 Å². The fourth-order valence-electron chi connectivity index (χ4n) is 3.03. The van der Waals surface area contributed by atoms with Crippen LogP contribution in [-0.4, -0.2) is 25.0 Å².